The number of amides is 1. The molecule has 1 amide bonds. The van der Waals surface area contributed by atoms with Crippen molar-refractivity contribution in [1.82, 2.24) is 10.2 Å². The molecule has 3 N–H and O–H groups in total. The number of fused-ring (bicyclic) bond motifs is 3. The van der Waals surface area contributed by atoms with Crippen LogP contribution in [-0.4, -0.2) is 62.7 Å². The number of nitrogens with zero attached hydrogens (tertiary/aromatic N) is 1. The van der Waals surface area contributed by atoms with E-state index in [-0.39, 0.29) is 28.8 Å². The van der Waals surface area contributed by atoms with E-state index in [1.54, 1.807) is 6.92 Å². The van der Waals surface area contributed by atoms with E-state index in [9.17, 15) is 19.8 Å². The van der Waals surface area contributed by atoms with Crippen molar-refractivity contribution in [1.29, 1.82) is 0 Å². The zero-order valence-corrected chi connectivity index (χ0v) is 13.9. The Bertz CT molecular complexity index is 587. The molecule has 0 aromatic heterocycles. The smallest absolute Gasteiger partial charge is 0.352 e. The predicted molar refractivity (Wildman–Crippen MR) is 85.8 cm³/mol. The van der Waals surface area contributed by atoms with Gasteiger partial charge in [0, 0.05) is 29.5 Å². The predicted octanol–water partition coefficient (Wildman–Crippen LogP) is 0.420. The summed E-state index contributed by atoms with van der Waals surface area (Å²) in [6.07, 6.45) is 2.24. The zero-order valence-electron chi connectivity index (χ0n) is 13.1. The summed E-state index contributed by atoms with van der Waals surface area (Å²) in [6.45, 7) is 3.58. The third-order valence-corrected chi connectivity index (χ3v) is 7.20. The molecule has 126 valence electrons. The molecule has 4 aliphatic rings. The molecule has 0 radical (unpaired) electrons. The minimum Gasteiger partial charge on any atom is -0.477 e. The van der Waals surface area contributed by atoms with Crippen LogP contribution in [0.5, 0.6) is 0 Å². The number of β-lactam (4-membered cyclic amide) rings is 1. The molecule has 1 saturated carbocycles. The lowest BCUT2D eigenvalue weighted by Gasteiger charge is -2.47. The van der Waals surface area contributed by atoms with Gasteiger partial charge in [-0.05, 0) is 25.3 Å². The molecule has 2 saturated heterocycles. The number of carbonyl (C=O) groups is 2. The van der Waals surface area contributed by atoms with E-state index in [1.807, 2.05) is 11.8 Å². The first-order chi connectivity index (χ1) is 11.0. The van der Waals surface area contributed by atoms with Gasteiger partial charge in [0.05, 0.1) is 18.1 Å². The molecule has 0 aromatic carbocycles. The molecule has 3 aliphatic heterocycles. The fraction of sp³-hybridized carbons (Fsp3) is 0.750. The summed E-state index contributed by atoms with van der Waals surface area (Å²) >= 11 is 1.86. The van der Waals surface area contributed by atoms with Crippen molar-refractivity contribution in [3.05, 3.63) is 11.3 Å². The lowest BCUT2D eigenvalue weighted by atomic mass is 9.72. The lowest BCUT2D eigenvalue weighted by Crippen LogP contribution is -2.64. The number of carboxylic acids is 1. The van der Waals surface area contributed by atoms with E-state index in [4.69, 9.17) is 0 Å². The highest BCUT2D eigenvalue weighted by Crippen LogP contribution is 2.54. The molecular weight excluding hydrogens is 316 g/mol. The molecular formula is C16H22N2O4S. The largest absolute Gasteiger partial charge is 0.477 e. The molecule has 0 aromatic rings. The van der Waals surface area contributed by atoms with Crippen molar-refractivity contribution in [3.63, 3.8) is 0 Å². The summed E-state index contributed by atoms with van der Waals surface area (Å²) in [7, 11) is 0. The lowest BCUT2D eigenvalue weighted by molar-refractivity contribution is -0.163. The second kappa shape index (κ2) is 5.50. The van der Waals surface area contributed by atoms with E-state index in [2.05, 4.69) is 5.32 Å². The number of carboxylic acid groups (broad SMARTS) is 1. The van der Waals surface area contributed by atoms with E-state index < -0.39 is 18.0 Å². The van der Waals surface area contributed by atoms with Crippen LogP contribution in [0.25, 0.3) is 0 Å². The minimum atomic E-state index is -0.996. The normalized spacial score (nSPS) is 37.8. The standard InChI is InChI=1S/C16H22N2O4S/c1-7(19)11-13-9-3-2-4-10(23-8-5-17-6-8)12(9)14(16(21)22)18(13)15(11)20/h7-11,13,17,19H,2-6H2,1H3,(H,21,22)/t7-,9-,10+,11-,13-/m1/s1. The van der Waals surface area contributed by atoms with Crippen LogP contribution < -0.4 is 5.32 Å². The van der Waals surface area contributed by atoms with Crippen molar-refractivity contribution >= 4 is 23.6 Å². The number of rotatable bonds is 4. The Morgan fingerprint density at radius 1 is 1.39 bits per heavy atom. The van der Waals surface area contributed by atoms with Crippen LogP contribution in [0.3, 0.4) is 0 Å². The second-order valence-electron chi connectivity index (χ2n) is 7.02. The number of hydrogen-bond donors (Lipinski definition) is 3. The van der Waals surface area contributed by atoms with Gasteiger partial charge < -0.3 is 20.4 Å². The van der Waals surface area contributed by atoms with Gasteiger partial charge in [-0.3, -0.25) is 4.79 Å². The molecule has 0 unspecified atom stereocenters. The second-order valence-corrected chi connectivity index (χ2v) is 8.52. The molecule has 7 heteroatoms. The number of carbonyl (C=O) groups excluding carboxylic acids is 1. The van der Waals surface area contributed by atoms with Crippen LogP contribution in [0.1, 0.15) is 26.2 Å². The molecule has 5 atom stereocenters. The number of aliphatic hydroxyl groups is 1. The Labute approximate surface area is 139 Å². The van der Waals surface area contributed by atoms with Crippen LogP contribution in [-0.2, 0) is 9.59 Å². The maximum atomic E-state index is 12.4. The van der Waals surface area contributed by atoms with Gasteiger partial charge in [-0.2, -0.15) is 0 Å². The van der Waals surface area contributed by atoms with Gasteiger partial charge in [0.1, 0.15) is 5.70 Å². The molecule has 6 nitrogen and oxygen atoms in total. The van der Waals surface area contributed by atoms with Gasteiger partial charge in [-0.25, -0.2) is 4.79 Å². The molecule has 3 heterocycles. The third kappa shape index (κ3) is 2.16. The van der Waals surface area contributed by atoms with Crippen LogP contribution >= 0.6 is 11.8 Å². The van der Waals surface area contributed by atoms with Crippen LogP contribution in [0.4, 0.5) is 0 Å². The van der Waals surface area contributed by atoms with Crippen molar-refractivity contribution in [3.8, 4) is 0 Å². The number of hydrogen-bond acceptors (Lipinski definition) is 5. The highest BCUT2D eigenvalue weighted by molar-refractivity contribution is 8.00. The van der Waals surface area contributed by atoms with Crippen molar-refractivity contribution in [2.24, 2.45) is 11.8 Å². The Kier molecular flexibility index (Phi) is 3.70. The number of aliphatic carboxylic acids is 1. The molecule has 0 bridgehead atoms. The van der Waals surface area contributed by atoms with Gasteiger partial charge in [-0.15, -0.1) is 11.8 Å². The first-order valence-corrected chi connectivity index (χ1v) is 9.29. The fourth-order valence-corrected chi connectivity index (χ4v) is 6.20. The van der Waals surface area contributed by atoms with E-state index in [0.29, 0.717) is 5.25 Å². The summed E-state index contributed by atoms with van der Waals surface area (Å²) < 4.78 is 0. The Morgan fingerprint density at radius 3 is 2.70 bits per heavy atom. The SMILES string of the molecule is C[C@@H](O)[C@H]1C(=O)N2C(C(=O)O)=C3[C@@H](SC4CNC4)CCC[C@H]3[C@H]12. The number of aliphatic hydroxyl groups excluding tert-OH is 1. The summed E-state index contributed by atoms with van der Waals surface area (Å²) in [5.41, 5.74) is 1.17. The van der Waals surface area contributed by atoms with Gasteiger partial charge in [0.2, 0.25) is 5.91 Å². The zero-order chi connectivity index (χ0) is 16.3. The average molecular weight is 338 g/mol. The molecule has 4 rings (SSSR count). The highest BCUT2D eigenvalue weighted by atomic mass is 32.2. The molecule has 1 aliphatic carbocycles. The van der Waals surface area contributed by atoms with Gasteiger partial charge in [0.25, 0.3) is 0 Å². The van der Waals surface area contributed by atoms with Gasteiger partial charge in [0.15, 0.2) is 0 Å². The van der Waals surface area contributed by atoms with Crippen molar-refractivity contribution in [2.45, 2.75) is 48.8 Å². The van der Waals surface area contributed by atoms with Gasteiger partial charge in [-0.1, -0.05) is 6.42 Å². The summed E-state index contributed by atoms with van der Waals surface area (Å²) in [5.74, 6) is -1.55. The minimum absolute atomic E-state index is 0.109. The number of thioether (sulfide) groups is 1. The fourth-order valence-electron chi connectivity index (χ4n) is 4.57. The van der Waals surface area contributed by atoms with E-state index in [1.165, 1.54) is 4.90 Å². The monoisotopic (exact) mass is 338 g/mol. The topological polar surface area (TPSA) is 89.9 Å². The van der Waals surface area contributed by atoms with E-state index in [0.717, 1.165) is 37.9 Å². The summed E-state index contributed by atoms with van der Waals surface area (Å²) in [6, 6.07) is -0.147. The highest BCUT2D eigenvalue weighted by Gasteiger charge is 2.62. The summed E-state index contributed by atoms with van der Waals surface area (Å²) in [4.78, 5) is 25.7. The summed E-state index contributed by atoms with van der Waals surface area (Å²) in [5, 5.41) is 23.6. The quantitative estimate of drug-likeness (QED) is 0.644. The van der Waals surface area contributed by atoms with Crippen molar-refractivity contribution in [2.75, 3.05) is 13.1 Å². The van der Waals surface area contributed by atoms with Crippen LogP contribution in [0, 0.1) is 11.8 Å². The maximum Gasteiger partial charge on any atom is 0.352 e. The van der Waals surface area contributed by atoms with Crippen molar-refractivity contribution < 1.29 is 19.8 Å². The Balaban J connectivity index is 1.68. The average Bonchev–Trinajstić information content (AvgIpc) is 2.74. The van der Waals surface area contributed by atoms with Gasteiger partial charge >= 0.3 is 5.97 Å². The third-order valence-electron chi connectivity index (χ3n) is 5.67. The maximum absolute atomic E-state index is 12.4. The first kappa shape index (κ1) is 15.5. The first-order valence-electron chi connectivity index (χ1n) is 8.35. The van der Waals surface area contributed by atoms with E-state index >= 15 is 0 Å². The molecule has 3 fully saturated rings. The molecule has 23 heavy (non-hydrogen) atoms. The van der Waals surface area contributed by atoms with Crippen LogP contribution in [0.2, 0.25) is 0 Å². The Morgan fingerprint density at radius 2 is 2.13 bits per heavy atom. The molecule has 0 spiro atoms. The Hall–Kier alpha value is -1.05. The van der Waals surface area contributed by atoms with Crippen LogP contribution in [0.15, 0.2) is 11.3 Å². The number of nitrogens with one attached hydrogen (secondary N) is 1.